The highest BCUT2D eigenvalue weighted by Gasteiger charge is 2.45. The van der Waals surface area contributed by atoms with Crippen molar-refractivity contribution in [2.75, 3.05) is 0 Å². The lowest BCUT2D eigenvalue weighted by Crippen LogP contribution is -2.39. The van der Waals surface area contributed by atoms with Gasteiger partial charge in [0.1, 0.15) is 5.78 Å². The van der Waals surface area contributed by atoms with Crippen LogP contribution in [0.25, 0.3) is 0 Å². The van der Waals surface area contributed by atoms with E-state index < -0.39 is 11.4 Å². The van der Waals surface area contributed by atoms with Gasteiger partial charge in [0.05, 0.1) is 5.41 Å². The summed E-state index contributed by atoms with van der Waals surface area (Å²) in [6.45, 7) is 3.46. The van der Waals surface area contributed by atoms with Crippen LogP contribution in [0, 0.1) is 11.3 Å². The van der Waals surface area contributed by atoms with E-state index in [4.69, 9.17) is 0 Å². The zero-order chi connectivity index (χ0) is 14.8. The molecule has 1 saturated carbocycles. The van der Waals surface area contributed by atoms with Crippen LogP contribution < -0.4 is 0 Å². The lowest BCUT2D eigenvalue weighted by Gasteiger charge is -2.38. The van der Waals surface area contributed by atoms with Crippen LogP contribution in [-0.4, -0.2) is 16.9 Å². The van der Waals surface area contributed by atoms with Gasteiger partial charge in [-0.1, -0.05) is 36.8 Å². The van der Waals surface area contributed by atoms with Crippen LogP contribution in [0.4, 0.5) is 0 Å². The molecule has 1 N–H and O–H groups in total. The first-order chi connectivity index (χ1) is 9.44. The zero-order valence-electron chi connectivity index (χ0n) is 12.1. The van der Waals surface area contributed by atoms with E-state index in [-0.39, 0.29) is 17.6 Å². The number of Topliss-reactive ketones (excluding diaryl/α,β-unsaturated/α-hetero) is 1. The van der Waals surface area contributed by atoms with Crippen LogP contribution in [-0.2, 0) is 9.59 Å². The standard InChI is InChI=1S/C17H22O3/c1-17(2,16(19)20)15(12-8-4-3-5-9-12)13-10-6-7-11-14(13)18/h3-5,8-9,13,15H,6-7,10-11H2,1-2H3,(H,19,20). The highest BCUT2D eigenvalue weighted by Crippen LogP contribution is 2.45. The summed E-state index contributed by atoms with van der Waals surface area (Å²) in [5.41, 5.74) is 0.0131. The molecular formula is C17H22O3. The molecule has 0 amide bonds. The van der Waals surface area contributed by atoms with E-state index in [1.165, 1.54) is 0 Å². The third-order valence-electron chi connectivity index (χ3n) is 4.49. The van der Waals surface area contributed by atoms with Crippen LogP contribution in [0.1, 0.15) is 51.0 Å². The number of carbonyl (C=O) groups is 2. The Morgan fingerprint density at radius 3 is 2.45 bits per heavy atom. The van der Waals surface area contributed by atoms with Gasteiger partial charge in [0, 0.05) is 18.3 Å². The molecule has 108 valence electrons. The van der Waals surface area contributed by atoms with Gasteiger partial charge in [-0.25, -0.2) is 0 Å². The summed E-state index contributed by atoms with van der Waals surface area (Å²) in [6, 6.07) is 9.62. The average Bonchev–Trinajstić information content (AvgIpc) is 2.42. The summed E-state index contributed by atoms with van der Waals surface area (Å²) in [7, 11) is 0. The number of aliphatic carboxylic acids is 1. The lowest BCUT2D eigenvalue weighted by atomic mass is 9.64. The van der Waals surface area contributed by atoms with Crippen molar-refractivity contribution < 1.29 is 14.7 Å². The molecule has 1 fully saturated rings. The maximum Gasteiger partial charge on any atom is 0.309 e. The third-order valence-corrected chi connectivity index (χ3v) is 4.49. The van der Waals surface area contributed by atoms with Gasteiger partial charge < -0.3 is 5.11 Å². The Labute approximate surface area is 120 Å². The molecule has 1 aliphatic carbocycles. The molecule has 0 aromatic heterocycles. The fourth-order valence-corrected chi connectivity index (χ4v) is 3.31. The van der Waals surface area contributed by atoms with Gasteiger partial charge in [0.15, 0.2) is 0 Å². The van der Waals surface area contributed by atoms with Crippen molar-refractivity contribution in [2.24, 2.45) is 11.3 Å². The first-order valence-electron chi connectivity index (χ1n) is 7.25. The van der Waals surface area contributed by atoms with Crippen LogP contribution in [0.3, 0.4) is 0 Å². The normalized spacial score (nSPS) is 21.5. The van der Waals surface area contributed by atoms with Crippen LogP contribution in [0.15, 0.2) is 30.3 Å². The molecule has 0 aliphatic heterocycles. The summed E-state index contributed by atoms with van der Waals surface area (Å²) in [4.78, 5) is 24.0. The summed E-state index contributed by atoms with van der Waals surface area (Å²) in [5.74, 6) is -1.05. The van der Waals surface area contributed by atoms with Crippen LogP contribution in [0.5, 0.6) is 0 Å². The second kappa shape index (κ2) is 5.78. The van der Waals surface area contributed by atoms with E-state index in [1.807, 2.05) is 30.3 Å². The van der Waals surface area contributed by atoms with Gasteiger partial charge in [0.2, 0.25) is 0 Å². The van der Waals surface area contributed by atoms with Gasteiger partial charge in [-0.15, -0.1) is 0 Å². The monoisotopic (exact) mass is 274 g/mol. The minimum absolute atomic E-state index is 0.169. The van der Waals surface area contributed by atoms with E-state index in [1.54, 1.807) is 13.8 Å². The second-order valence-electron chi connectivity index (χ2n) is 6.23. The molecule has 2 atom stereocenters. The maximum absolute atomic E-state index is 12.3. The molecule has 1 aliphatic rings. The number of benzene rings is 1. The molecule has 3 nitrogen and oxygen atoms in total. The van der Waals surface area contributed by atoms with Gasteiger partial charge in [-0.3, -0.25) is 9.59 Å². The van der Waals surface area contributed by atoms with Crippen molar-refractivity contribution in [3.63, 3.8) is 0 Å². The smallest absolute Gasteiger partial charge is 0.309 e. The number of carbonyl (C=O) groups excluding carboxylic acids is 1. The first kappa shape index (κ1) is 14.8. The second-order valence-corrected chi connectivity index (χ2v) is 6.23. The molecular weight excluding hydrogens is 252 g/mol. The van der Waals surface area contributed by atoms with Crippen molar-refractivity contribution in [1.29, 1.82) is 0 Å². The Morgan fingerprint density at radius 1 is 1.25 bits per heavy atom. The average molecular weight is 274 g/mol. The Morgan fingerprint density at radius 2 is 1.90 bits per heavy atom. The van der Waals surface area contributed by atoms with Crippen molar-refractivity contribution in [1.82, 2.24) is 0 Å². The van der Waals surface area contributed by atoms with Gasteiger partial charge in [-0.05, 0) is 32.3 Å². The highest BCUT2D eigenvalue weighted by atomic mass is 16.4. The van der Waals surface area contributed by atoms with Crippen molar-refractivity contribution in [3.05, 3.63) is 35.9 Å². The van der Waals surface area contributed by atoms with Crippen molar-refractivity contribution >= 4 is 11.8 Å². The van der Waals surface area contributed by atoms with E-state index in [0.29, 0.717) is 6.42 Å². The largest absolute Gasteiger partial charge is 0.481 e. The molecule has 0 spiro atoms. The molecule has 20 heavy (non-hydrogen) atoms. The fourth-order valence-electron chi connectivity index (χ4n) is 3.31. The van der Waals surface area contributed by atoms with Gasteiger partial charge >= 0.3 is 5.97 Å². The number of carboxylic acid groups (broad SMARTS) is 1. The first-order valence-corrected chi connectivity index (χ1v) is 7.25. The summed E-state index contributed by atoms with van der Waals surface area (Å²) in [5, 5.41) is 9.58. The van der Waals surface area contributed by atoms with Gasteiger partial charge in [-0.2, -0.15) is 0 Å². The molecule has 0 bridgehead atoms. The Hall–Kier alpha value is -1.64. The topological polar surface area (TPSA) is 54.4 Å². The molecule has 2 rings (SSSR count). The Bertz CT molecular complexity index is 490. The number of rotatable bonds is 4. The zero-order valence-corrected chi connectivity index (χ0v) is 12.1. The molecule has 1 aromatic carbocycles. The molecule has 0 radical (unpaired) electrons. The number of ketones is 1. The summed E-state index contributed by atoms with van der Waals surface area (Å²) < 4.78 is 0. The van der Waals surface area contributed by atoms with Gasteiger partial charge in [0.25, 0.3) is 0 Å². The highest BCUT2D eigenvalue weighted by molar-refractivity contribution is 5.85. The number of hydrogen-bond acceptors (Lipinski definition) is 2. The Balaban J connectivity index is 2.44. The van der Waals surface area contributed by atoms with E-state index in [0.717, 1.165) is 24.8 Å². The van der Waals surface area contributed by atoms with Crippen molar-refractivity contribution in [2.45, 2.75) is 45.4 Å². The maximum atomic E-state index is 12.3. The molecule has 0 heterocycles. The molecule has 2 unspecified atom stereocenters. The fraction of sp³-hybridized carbons (Fsp3) is 0.529. The Kier molecular flexibility index (Phi) is 4.26. The van der Waals surface area contributed by atoms with E-state index >= 15 is 0 Å². The van der Waals surface area contributed by atoms with Crippen LogP contribution in [0.2, 0.25) is 0 Å². The van der Waals surface area contributed by atoms with E-state index in [9.17, 15) is 14.7 Å². The minimum atomic E-state index is -0.945. The molecule has 0 saturated heterocycles. The summed E-state index contributed by atoms with van der Waals surface area (Å²) >= 11 is 0. The predicted octanol–water partition coefficient (Wildman–Crippen LogP) is 3.64. The van der Waals surface area contributed by atoms with E-state index in [2.05, 4.69) is 0 Å². The lowest BCUT2D eigenvalue weighted by molar-refractivity contribution is -0.150. The predicted molar refractivity (Wildman–Crippen MR) is 77.6 cm³/mol. The number of hydrogen-bond donors (Lipinski definition) is 1. The summed E-state index contributed by atoms with van der Waals surface area (Å²) in [6.07, 6.45) is 3.33. The molecule has 3 heteroatoms. The SMILES string of the molecule is CC(C)(C(=O)O)C(c1ccccc1)C1CCCCC1=O. The number of carboxylic acids is 1. The quantitative estimate of drug-likeness (QED) is 0.912. The molecule has 1 aromatic rings. The minimum Gasteiger partial charge on any atom is -0.481 e. The van der Waals surface area contributed by atoms with Crippen molar-refractivity contribution in [3.8, 4) is 0 Å². The third kappa shape index (κ3) is 2.77. The van der Waals surface area contributed by atoms with Crippen LogP contribution >= 0.6 is 0 Å².